The topological polar surface area (TPSA) is 61.8 Å². The van der Waals surface area contributed by atoms with Gasteiger partial charge in [0.15, 0.2) is 0 Å². The summed E-state index contributed by atoms with van der Waals surface area (Å²) in [5.41, 5.74) is 2.47. The van der Waals surface area contributed by atoms with Gasteiger partial charge in [0.2, 0.25) is 11.9 Å². The number of nitrogens with zero attached hydrogens (tertiary/aromatic N) is 5. The van der Waals surface area contributed by atoms with Crippen LogP contribution in [-0.4, -0.2) is 73.8 Å². The second-order valence-corrected chi connectivity index (χ2v) is 9.35. The highest BCUT2D eigenvalue weighted by Crippen LogP contribution is 2.41. The Morgan fingerprint density at radius 3 is 2.59 bits per heavy atom. The Labute approximate surface area is 174 Å². The standard InChI is InChI=1S/C22H35N5O2/c1-16-17(2)23-21(25(3)4)24-20(16)26-11-9-22(10-12-26)8-7-19(28)27(15-22)14-18-6-5-13-29-18/h18H,5-15H2,1-4H3/t18-/m1/s1. The van der Waals surface area contributed by atoms with Crippen LogP contribution in [0.4, 0.5) is 11.8 Å². The average Bonchev–Trinajstić information content (AvgIpc) is 3.21. The molecule has 0 N–H and O–H groups in total. The highest BCUT2D eigenvalue weighted by atomic mass is 16.5. The van der Waals surface area contributed by atoms with Gasteiger partial charge in [0, 0.05) is 64.6 Å². The number of hydrogen-bond acceptors (Lipinski definition) is 6. The molecule has 3 fully saturated rings. The number of piperidine rings is 2. The first kappa shape index (κ1) is 20.4. The van der Waals surface area contributed by atoms with E-state index in [1.54, 1.807) is 0 Å². The largest absolute Gasteiger partial charge is 0.376 e. The number of carbonyl (C=O) groups excluding carboxylic acids is 1. The first-order valence-corrected chi connectivity index (χ1v) is 11.0. The SMILES string of the molecule is Cc1nc(N(C)C)nc(N2CCC3(CCC(=O)N(C[C@H]4CCCO4)C3)CC2)c1C. The molecule has 4 heterocycles. The van der Waals surface area contributed by atoms with Gasteiger partial charge in [-0.1, -0.05) is 0 Å². The highest BCUT2D eigenvalue weighted by molar-refractivity contribution is 5.77. The number of anilines is 2. The van der Waals surface area contributed by atoms with Gasteiger partial charge >= 0.3 is 0 Å². The third-order valence-corrected chi connectivity index (χ3v) is 7.07. The van der Waals surface area contributed by atoms with Gasteiger partial charge < -0.3 is 19.4 Å². The molecule has 7 heteroatoms. The minimum atomic E-state index is 0.241. The predicted octanol–water partition coefficient (Wildman–Crippen LogP) is 2.55. The van der Waals surface area contributed by atoms with E-state index >= 15 is 0 Å². The van der Waals surface area contributed by atoms with Gasteiger partial charge in [0.1, 0.15) is 5.82 Å². The Kier molecular flexibility index (Phi) is 5.69. The third kappa shape index (κ3) is 4.20. The molecule has 3 saturated heterocycles. The molecule has 1 aromatic rings. The third-order valence-electron chi connectivity index (χ3n) is 7.07. The summed E-state index contributed by atoms with van der Waals surface area (Å²) in [5.74, 6) is 2.15. The van der Waals surface area contributed by atoms with Gasteiger partial charge in [-0.25, -0.2) is 4.98 Å². The lowest BCUT2D eigenvalue weighted by Gasteiger charge is -2.48. The normalized spacial score (nSPS) is 24.4. The van der Waals surface area contributed by atoms with Crippen LogP contribution in [0.1, 0.15) is 49.8 Å². The average molecular weight is 402 g/mol. The molecule has 0 radical (unpaired) electrons. The van der Waals surface area contributed by atoms with E-state index in [4.69, 9.17) is 9.72 Å². The molecule has 3 aliphatic heterocycles. The summed E-state index contributed by atoms with van der Waals surface area (Å²) in [7, 11) is 3.97. The Balaban J connectivity index is 1.44. The van der Waals surface area contributed by atoms with Crippen molar-refractivity contribution in [3.05, 3.63) is 11.3 Å². The maximum absolute atomic E-state index is 12.5. The lowest BCUT2D eigenvalue weighted by molar-refractivity contribution is -0.140. The fourth-order valence-electron chi connectivity index (χ4n) is 5.01. The van der Waals surface area contributed by atoms with E-state index in [2.05, 4.69) is 28.6 Å². The zero-order chi connectivity index (χ0) is 20.6. The molecule has 0 unspecified atom stereocenters. The van der Waals surface area contributed by atoms with E-state index in [0.717, 1.165) is 82.4 Å². The summed E-state index contributed by atoms with van der Waals surface area (Å²) in [6, 6.07) is 0. The van der Waals surface area contributed by atoms with Crippen LogP contribution in [-0.2, 0) is 9.53 Å². The maximum atomic E-state index is 12.5. The Bertz CT molecular complexity index is 752. The fourth-order valence-corrected chi connectivity index (χ4v) is 5.01. The van der Waals surface area contributed by atoms with E-state index in [0.29, 0.717) is 12.3 Å². The second-order valence-electron chi connectivity index (χ2n) is 9.35. The molecule has 3 aliphatic rings. The van der Waals surface area contributed by atoms with Crippen molar-refractivity contribution in [2.45, 2.75) is 58.5 Å². The Morgan fingerprint density at radius 1 is 1.17 bits per heavy atom. The molecule has 1 aromatic heterocycles. The predicted molar refractivity (Wildman–Crippen MR) is 115 cm³/mol. The number of aryl methyl sites for hydroxylation is 1. The molecule has 4 rings (SSSR count). The van der Waals surface area contributed by atoms with Gasteiger partial charge in [0.05, 0.1) is 6.10 Å². The van der Waals surface area contributed by atoms with Crippen LogP contribution in [0.2, 0.25) is 0 Å². The molecule has 0 bridgehead atoms. The van der Waals surface area contributed by atoms with Crippen LogP contribution in [0.15, 0.2) is 0 Å². The lowest BCUT2D eigenvalue weighted by atomic mass is 9.72. The van der Waals surface area contributed by atoms with Crippen LogP contribution in [0, 0.1) is 19.3 Å². The summed E-state index contributed by atoms with van der Waals surface area (Å²) >= 11 is 0. The quantitative estimate of drug-likeness (QED) is 0.773. The van der Waals surface area contributed by atoms with Crippen molar-refractivity contribution >= 4 is 17.7 Å². The number of amides is 1. The Hall–Kier alpha value is -1.89. The zero-order valence-electron chi connectivity index (χ0n) is 18.4. The minimum Gasteiger partial charge on any atom is -0.376 e. The summed E-state index contributed by atoms with van der Waals surface area (Å²) in [4.78, 5) is 28.5. The second kappa shape index (κ2) is 8.09. The van der Waals surface area contributed by atoms with Gasteiger partial charge in [-0.2, -0.15) is 4.98 Å². The van der Waals surface area contributed by atoms with Crippen LogP contribution >= 0.6 is 0 Å². The molecular formula is C22H35N5O2. The number of rotatable bonds is 4. The molecule has 0 saturated carbocycles. The van der Waals surface area contributed by atoms with Crippen molar-refractivity contribution in [1.29, 1.82) is 0 Å². The van der Waals surface area contributed by atoms with E-state index in [1.165, 1.54) is 5.56 Å². The molecule has 0 aromatic carbocycles. The summed E-state index contributed by atoms with van der Waals surface area (Å²) in [6.45, 7) is 8.69. The molecule has 0 aliphatic carbocycles. The van der Waals surface area contributed by atoms with Gasteiger partial charge in [-0.05, 0) is 51.4 Å². The number of likely N-dealkylation sites (tertiary alicyclic amines) is 1. The van der Waals surface area contributed by atoms with Gasteiger partial charge in [-0.3, -0.25) is 4.79 Å². The summed E-state index contributed by atoms with van der Waals surface area (Å²) in [6.07, 6.45) is 6.38. The zero-order valence-corrected chi connectivity index (χ0v) is 18.4. The number of carbonyl (C=O) groups is 1. The van der Waals surface area contributed by atoms with Gasteiger partial charge in [-0.15, -0.1) is 0 Å². The van der Waals surface area contributed by atoms with Crippen LogP contribution in [0.25, 0.3) is 0 Å². The molecule has 1 spiro atoms. The molecule has 1 amide bonds. The monoisotopic (exact) mass is 401 g/mol. The summed E-state index contributed by atoms with van der Waals surface area (Å²) < 4.78 is 5.79. The van der Waals surface area contributed by atoms with E-state index < -0.39 is 0 Å². The first-order valence-electron chi connectivity index (χ1n) is 11.0. The number of ether oxygens (including phenoxy) is 1. The Morgan fingerprint density at radius 2 is 1.93 bits per heavy atom. The fraction of sp³-hybridized carbons (Fsp3) is 0.773. The first-order chi connectivity index (χ1) is 13.9. The van der Waals surface area contributed by atoms with Crippen molar-refractivity contribution in [2.24, 2.45) is 5.41 Å². The van der Waals surface area contributed by atoms with Gasteiger partial charge in [0.25, 0.3) is 0 Å². The lowest BCUT2D eigenvalue weighted by Crippen LogP contribution is -2.53. The van der Waals surface area contributed by atoms with E-state index in [1.807, 2.05) is 19.0 Å². The van der Waals surface area contributed by atoms with E-state index in [-0.39, 0.29) is 11.5 Å². The van der Waals surface area contributed by atoms with Crippen molar-refractivity contribution < 1.29 is 9.53 Å². The molecule has 7 nitrogen and oxygen atoms in total. The van der Waals surface area contributed by atoms with E-state index in [9.17, 15) is 4.79 Å². The molecule has 29 heavy (non-hydrogen) atoms. The van der Waals surface area contributed by atoms with Crippen molar-refractivity contribution in [2.75, 3.05) is 56.7 Å². The number of hydrogen-bond donors (Lipinski definition) is 0. The van der Waals surface area contributed by atoms with Crippen LogP contribution in [0.5, 0.6) is 0 Å². The number of aromatic nitrogens is 2. The van der Waals surface area contributed by atoms with Crippen molar-refractivity contribution in [3.63, 3.8) is 0 Å². The highest BCUT2D eigenvalue weighted by Gasteiger charge is 2.42. The smallest absolute Gasteiger partial charge is 0.227 e. The molecule has 160 valence electrons. The summed E-state index contributed by atoms with van der Waals surface area (Å²) in [5, 5.41) is 0. The minimum absolute atomic E-state index is 0.241. The maximum Gasteiger partial charge on any atom is 0.227 e. The van der Waals surface area contributed by atoms with Crippen molar-refractivity contribution in [3.8, 4) is 0 Å². The van der Waals surface area contributed by atoms with Crippen LogP contribution < -0.4 is 9.80 Å². The van der Waals surface area contributed by atoms with Crippen LogP contribution in [0.3, 0.4) is 0 Å². The van der Waals surface area contributed by atoms with Crippen molar-refractivity contribution in [1.82, 2.24) is 14.9 Å². The molecular weight excluding hydrogens is 366 g/mol. The molecule has 1 atom stereocenters.